The number of benzene rings is 2. The lowest BCUT2D eigenvalue weighted by Gasteiger charge is -2.27. The second-order valence-electron chi connectivity index (χ2n) is 6.39. The number of carbonyl (C=O) groups is 1. The lowest BCUT2D eigenvalue weighted by molar-refractivity contribution is 0.241. The van der Waals surface area contributed by atoms with E-state index in [1.54, 1.807) is 0 Å². The minimum absolute atomic E-state index is 0.0414. The van der Waals surface area contributed by atoms with E-state index in [4.69, 9.17) is 4.42 Å². The Morgan fingerprint density at radius 3 is 2.52 bits per heavy atom. The number of urea groups is 1. The molecule has 2 aromatic carbocycles. The monoisotopic (exact) mass is 364 g/mol. The van der Waals surface area contributed by atoms with Crippen molar-refractivity contribution in [3.63, 3.8) is 0 Å². The van der Waals surface area contributed by atoms with Crippen LogP contribution in [-0.4, -0.2) is 16.2 Å². The van der Waals surface area contributed by atoms with E-state index in [1.165, 1.54) is 6.39 Å². The smallest absolute Gasteiger partial charge is 0.319 e. The number of hydrogen-bond acceptors (Lipinski definition) is 4. The van der Waals surface area contributed by atoms with Crippen LogP contribution < -0.4 is 10.6 Å². The van der Waals surface area contributed by atoms with Gasteiger partial charge in [-0.2, -0.15) is 0 Å². The molecule has 0 aliphatic heterocycles. The maximum atomic E-state index is 12.7. The lowest BCUT2D eigenvalue weighted by Crippen LogP contribution is -2.36. The van der Waals surface area contributed by atoms with Crippen LogP contribution in [0.25, 0.3) is 11.5 Å². The van der Waals surface area contributed by atoms with Gasteiger partial charge in [0.1, 0.15) is 0 Å². The summed E-state index contributed by atoms with van der Waals surface area (Å²) in [5.74, 6) is 0.779. The van der Waals surface area contributed by atoms with E-state index in [0.717, 1.165) is 24.0 Å². The summed E-state index contributed by atoms with van der Waals surface area (Å²) in [6, 6.07) is 17.1. The van der Waals surface area contributed by atoms with Gasteiger partial charge >= 0.3 is 6.03 Å². The third-order valence-corrected chi connectivity index (χ3v) is 4.69. The zero-order valence-electron chi connectivity index (χ0n) is 15.6. The van der Waals surface area contributed by atoms with Gasteiger partial charge in [-0.15, -0.1) is 10.2 Å². The summed E-state index contributed by atoms with van der Waals surface area (Å²) in [6.07, 6.45) is 3.26. The summed E-state index contributed by atoms with van der Waals surface area (Å²) in [4.78, 5) is 12.7. The van der Waals surface area contributed by atoms with E-state index in [0.29, 0.717) is 17.5 Å². The first-order chi connectivity index (χ1) is 13.2. The number of aromatic nitrogens is 2. The average Bonchev–Trinajstić information content (AvgIpc) is 3.24. The molecule has 140 valence electrons. The molecular formula is C21H24N4O2. The maximum Gasteiger partial charge on any atom is 0.319 e. The molecule has 3 aromatic rings. The van der Waals surface area contributed by atoms with Crippen molar-refractivity contribution in [2.75, 3.05) is 5.32 Å². The van der Waals surface area contributed by atoms with E-state index in [9.17, 15) is 4.79 Å². The summed E-state index contributed by atoms with van der Waals surface area (Å²) in [5.41, 5.74) is 2.53. The van der Waals surface area contributed by atoms with Gasteiger partial charge in [0.25, 0.3) is 0 Å². The highest BCUT2D eigenvalue weighted by atomic mass is 16.4. The van der Waals surface area contributed by atoms with Gasteiger partial charge in [0.15, 0.2) is 0 Å². The summed E-state index contributed by atoms with van der Waals surface area (Å²) in [5, 5.41) is 13.6. The van der Waals surface area contributed by atoms with E-state index >= 15 is 0 Å². The van der Waals surface area contributed by atoms with Crippen molar-refractivity contribution >= 4 is 11.7 Å². The Bertz CT molecular complexity index is 846. The maximum absolute atomic E-state index is 12.7. The Balaban J connectivity index is 1.74. The van der Waals surface area contributed by atoms with Crippen molar-refractivity contribution in [3.05, 3.63) is 66.6 Å². The molecule has 0 aliphatic carbocycles. The van der Waals surface area contributed by atoms with Gasteiger partial charge in [0, 0.05) is 11.3 Å². The van der Waals surface area contributed by atoms with Gasteiger partial charge in [-0.05, 0) is 29.7 Å². The molecule has 6 nitrogen and oxygen atoms in total. The molecule has 1 aromatic heterocycles. The lowest BCUT2D eigenvalue weighted by atomic mass is 9.89. The molecule has 0 radical (unpaired) electrons. The second-order valence-corrected chi connectivity index (χ2v) is 6.39. The van der Waals surface area contributed by atoms with Gasteiger partial charge in [0.05, 0.1) is 6.04 Å². The van der Waals surface area contributed by atoms with Crippen molar-refractivity contribution in [2.45, 2.75) is 32.7 Å². The Labute approximate surface area is 159 Å². The molecule has 1 unspecified atom stereocenters. The van der Waals surface area contributed by atoms with Crippen LogP contribution >= 0.6 is 0 Å². The van der Waals surface area contributed by atoms with Crippen molar-refractivity contribution in [1.29, 1.82) is 0 Å². The van der Waals surface area contributed by atoms with Crippen LogP contribution in [0.2, 0.25) is 0 Å². The number of amides is 2. The van der Waals surface area contributed by atoms with Crippen LogP contribution in [0.5, 0.6) is 0 Å². The number of hydrogen-bond donors (Lipinski definition) is 2. The molecule has 1 atom stereocenters. The zero-order chi connectivity index (χ0) is 19.1. The molecule has 0 bridgehead atoms. The van der Waals surface area contributed by atoms with Gasteiger partial charge in [-0.25, -0.2) is 4.79 Å². The van der Waals surface area contributed by atoms with Gasteiger partial charge < -0.3 is 15.1 Å². The van der Waals surface area contributed by atoms with E-state index in [2.05, 4.69) is 46.8 Å². The highest BCUT2D eigenvalue weighted by Crippen LogP contribution is 2.27. The standard InChI is InChI=1S/C21H24N4O2/c1-3-15(4-2)19(16-9-6-5-7-10-16)24-21(26)23-18-12-8-11-17(13-18)20-25-22-14-27-20/h5-15,19H,3-4H2,1-2H3,(H2,23,24,26). The fourth-order valence-electron chi connectivity index (χ4n) is 3.23. The third kappa shape index (κ3) is 4.73. The van der Waals surface area contributed by atoms with Crippen molar-refractivity contribution in [3.8, 4) is 11.5 Å². The van der Waals surface area contributed by atoms with Gasteiger partial charge in [-0.1, -0.05) is 63.1 Å². The average molecular weight is 364 g/mol. The van der Waals surface area contributed by atoms with Gasteiger partial charge in [0.2, 0.25) is 12.3 Å². The van der Waals surface area contributed by atoms with Crippen molar-refractivity contribution in [1.82, 2.24) is 15.5 Å². The largest absolute Gasteiger partial charge is 0.423 e. The normalized spacial score (nSPS) is 12.0. The minimum atomic E-state index is -0.238. The number of nitrogens with zero attached hydrogens (tertiary/aromatic N) is 2. The van der Waals surface area contributed by atoms with Crippen LogP contribution in [-0.2, 0) is 0 Å². The van der Waals surface area contributed by atoms with Crippen LogP contribution in [0.15, 0.2) is 65.4 Å². The molecule has 0 spiro atoms. The second kappa shape index (κ2) is 8.98. The summed E-state index contributed by atoms with van der Waals surface area (Å²) in [6.45, 7) is 4.30. The first-order valence-electron chi connectivity index (χ1n) is 9.20. The van der Waals surface area contributed by atoms with Crippen molar-refractivity contribution in [2.24, 2.45) is 5.92 Å². The molecule has 0 aliphatic rings. The Morgan fingerprint density at radius 1 is 1.07 bits per heavy atom. The van der Waals surface area contributed by atoms with Crippen LogP contribution in [0.1, 0.15) is 38.3 Å². The van der Waals surface area contributed by atoms with Crippen LogP contribution in [0, 0.1) is 5.92 Å². The molecule has 0 saturated carbocycles. The molecule has 6 heteroatoms. The molecule has 3 rings (SSSR count). The first-order valence-corrected chi connectivity index (χ1v) is 9.20. The third-order valence-electron chi connectivity index (χ3n) is 4.69. The fourth-order valence-corrected chi connectivity index (χ4v) is 3.23. The fraction of sp³-hybridized carbons (Fsp3) is 0.286. The number of nitrogens with one attached hydrogen (secondary N) is 2. The molecule has 27 heavy (non-hydrogen) atoms. The van der Waals surface area contributed by atoms with E-state index < -0.39 is 0 Å². The number of rotatable bonds is 7. The molecule has 1 heterocycles. The topological polar surface area (TPSA) is 80.0 Å². The molecule has 2 amide bonds. The minimum Gasteiger partial charge on any atom is -0.423 e. The summed E-state index contributed by atoms with van der Waals surface area (Å²) < 4.78 is 5.21. The highest BCUT2D eigenvalue weighted by molar-refractivity contribution is 5.90. The molecule has 0 fully saturated rings. The predicted molar refractivity (Wildman–Crippen MR) is 105 cm³/mol. The quantitative estimate of drug-likeness (QED) is 0.616. The summed E-state index contributed by atoms with van der Waals surface area (Å²) >= 11 is 0. The SMILES string of the molecule is CCC(CC)C(NC(=O)Nc1cccc(-c2nnco2)c1)c1ccccc1. The van der Waals surface area contributed by atoms with E-state index in [1.807, 2.05) is 42.5 Å². The number of anilines is 1. The highest BCUT2D eigenvalue weighted by Gasteiger charge is 2.22. The van der Waals surface area contributed by atoms with Crippen molar-refractivity contribution < 1.29 is 9.21 Å². The first kappa shape index (κ1) is 18.6. The number of carbonyl (C=O) groups excluding carboxylic acids is 1. The Hall–Kier alpha value is -3.15. The summed E-state index contributed by atoms with van der Waals surface area (Å²) in [7, 11) is 0. The Kier molecular flexibility index (Phi) is 6.20. The predicted octanol–water partition coefficient (Wildman–Crippen LogP) is 5.04. The van der Waals surface area contributed by atoms with Crippen LogP contribution in [0.3, 0.4) is 0 Å². The van der Waals surface area contributed by atoms with Crippen LogP contribution in [0.4, 0.5) is 10.5 Å². The molecule has 0 saturated heterocycles. The van der Waals surface area contributed by atoms with E-state index in [-0.39, 0.29) is 12.1 Å². The van der Waals surface area contributed by atoms with Gasteiger partial charge in [-0.3, -0.25) is 0 Å². The Morgan fingerprint density at radius 2 is 1.85 bits per heavy atom. The zero-order valence-corrected chi connectivity index (χ0v) is 15.6. The molecule has 2 N–H and O–H groups in total. The molecular weight excluding hydrogens is 340 g/mol.